The Labute approximate surface area is 156 Å². The van der Waals surface area contributed by atoms with E-state index in [1.807, 2.05) is 25.2 Å². The number of hydrogen-bond donors (Lipinski definition) is 3. The van der Waals surface area contributed by atoms with E-state index in [9.17, 15) is 9.59 Å². The minimum absolute atomic E-state index is 0.0163. The zero-order valence-corrected chi connectivity index (χ0v) is 16.3. The van der Waals surface area contributed by atoms with Crippen molar-refractivity contribution < 1.29 is 19.2 Å². The molecule has 1 saturated carbocycles. The van der Waals surface area contributed by atoms with Gasteiger partial charge >= 0.3 is 0 Å². The Kier molecular flexibility index (Phi) is 7.45. The van der Waals surface area contributed by atoms with E-state index < -0.39 is 0 Å². The third-order valence-electron chi connectivity index (χ3n) is 5.33. The van der Waals surface area contributed by atoms with Crippen molar-refractivity contribution in [1.82, 2.24) is 5.32 Å². The normalized spacial score (nSPS) is 23.8. The first-order chi connectivity index (χ1) is 12.4. The van der Waals surface area contributed by atoms with Crippen LogP contribution in [0, 0.1) is 11.8 Å². The molecule has 1 aliphatic carbocycles. The first kappa shape index (κ1) is 20.2. The van der Waals surface area contributed by atoms with E-state index in [-0.39, 0.29) is 24.4 Å². The SMILES string of the molecule is COc1cccc(NC(=O)C[NH+](C)CC(=O)N[C@H]2CCC[C@H](C)[C@H]2C)c1. The molecule has 1 aliphatic rings. The number of hydrogen-bond acceptors (Lipinski definition) is 3. The predicted octanol–water partition coefficient (Wildman–Crippen LogP) is 1.09. The molecule has 6 nitrogen and oxygen atoms in total. The molecule has 1 aromatic rings. The number of amides is 2. The molecule has 0 saturated heterocycles. The summed E-state index contributed by atoms with van der Waals surface area (Å²) in [6.07, 6.45) is 3.46. The molecule has 0 bridgehead atoms. The van der Waals surface area contributed by atoms with Crippen LogP contribution in [0.1, 0.15) is 33.1 Å². The van der Waals surface area contributed by atoms with Gasteiger partial charge in [-0.1, -0.05) is 32.8 Å². The van der Waals surface area contributed by atoms with Crippen LogP contribution in [0.2, 0.25) is 0 Å². The summed E-state index contributed by atoms with van der Waals surface area (Å²) in [7, 11) is 3.45. The van der Waals surface area contributed by atoms with E-state index in [1.54, 1.807) is 13.2 Å². The maximum atomic E-state index is 12.3. The Balaban J connectivity index is 1.77. The van der Waals surface area contributed by atoms with Crippen LogP contribution in [0.25, 0.3) is 0 Å². The quantitative estimate of drug-likeness (QED) is 0.680. The molecule has 3 N–H and O–H groups in total. The lowest BCUT2D eigenvalue weighted by Gasteiger charge is -2.34. The molecule has 6 heteroatoms. The van der Waals surface area contributed by atoms with Gasteiger partial charge in [0.15, 0.2) is 13.1 Å². The number of anilines is 1. The highest BCUT2D eigenvalue weighted by Crippen LogP contribution is 2.29. The van der Waals surface area contributed by atoms with Gasteiger partial charge in [-0.15, -0.1) is 0 Å². The number of likely N-dealkylation sites (N-methyl/N-ethyl adjacent to an activating group) is 1. The molecule has 144 valence electrons. The van der Waals surface area contributed by atoms with Crippen molar-refractivity contribution in [1.29, 1.82) is 0 Å². The summed E-state index contributed by atoms with van der Waals surface area (Å²) >= 11 is 0. The molecule has 1 fully saturated rings. The third kappa shape index (κ3) is 6.02. The Morgan fingerprint density at radius 2 is 1.92 bits per heavy atom. The average molecular weight is 362 g/mol. The van der Waals surface area contributed by atoms with E-state index in [0.717, 1.165) is 11.3 Å². The van der Waals surface area contributed by atoms with Gasteiger partial charge in [0, 0.05) is 17.8 Å². The molecular formula is C20H32N3O3+. The van der Waals surface area contributed by atoms with Gasteiger partial charge in [0.25, 0.3) is 11.8 Å². The number of carbonyl (C=O) groups excluding carboxylic acids is 2. The molecule has 0 radical (unpaired) electrons. The summed E-state index contributed by atoms with van der Waals surface area (Å²) in [5.74, 6) is 1.74. The maximum Gasteiger partial charge on any atom is 0.279 e. The highest BCUT2D eigenvalue weighted by molar-refractivity contribution is 5.91. The van der Waals surface area contributed by atoms with Crippen LogP contribution < -0.4 is 20.3 Å². The molecule has 0 aromatic heterocycles. The fourth-order valence-electron chi connectivity index (χ4n) is 3.56. The first-order valence-corrected chi connectivity index (χ1v) is 9.43. The monoisotopic (exact) mass is 362 g/mol. The Bertz CT molecular complexity index is 620. The molecule has 26 heavy (non-hydrogen) atoms. The molecule has 2 rings (SSSR count). The second kappa shape index (κ2) is 9.57. The third-order valence-corrected chi connectivity index (χ3v) is 5.33. The number of rotatable bonds is 7. The number of quaternary nitrogens is 1. The van der Waals surface area contributed by atoms with E-state index in [2.05, 4.69) is 24.5 Å². The molecule has 1 unspecified atom stereocenters. The first-order valence-electron chi connectivity index (χ1n) is 9.43. The van der Waals surface area contributed by atoms with Crippen molar-refractivity contribution in [3.05, 3.63) is 24.3 Å². The van der Waals surface area contributed by atoms with Crippen LogP contribution in [0.15, 0.2) is 24.3 Å². The van der Waals surface area contributed by atoms with Gasteiger partial charge in [-0.2, -0.15) is 0 Å². The summed E-state index contributed by atoms with van der Waals surface area (Å²) in [5, 5.41) is 6.00. The highest BCUT2D eigenvalue weighted by Gasteiger charge is 2.28. The predicted molar refractivity (Wildman–Crippen MR) is 102 cm³/mol. The van der Waals surface area contributed by atoms with Crippen LogP contribution in [0.4, 0.5) is 5.69 Å². The molecule has 0 heterocycles. The van der Waals surface area contributed by atoms with Gasteiger partial charge in [0.2, 0.25) is 0 Å². The fourth-order valence-corrected chi connectivity index (χ4v) is 3.56. The average Bonchev–Trinajstić information content (AvgIpc) is 2.58. The summed E-state index contributed by atoms with van der Waals surface area (Å²) in [6.45, 7) is 5.00. The fraction of sp³-hybridized carbons (Fsp3) is 0.600. The molecule has 4 atom stereocenters. The molecule has 0 spiro atoms. The molecule has 1 aromatic carbocycles. The van der Waals surface area contributed by atoms with Crippen molar-refractivity contribution in [2.75, 3.05) is 32.6 Å². The van der Waals surface area contributed by atoms with Gasteiger partial charge in [-0.05, 0) is 30.4 Å². The molecule has 0 aliphatic heterocycles. The van der Waals surface area contributed by atoms with Crippen molar-refractivity contribution in [3.63, 3.8) is 0 Å². The van der Waals surface area contributed by atoms with Crippen LogP contribution in [0.3, 0.4) is 0 Å². The van der Waals surface area contributed by atoms with E-state index in [0.29, 0.717) is 29.8 Å². The summed E-state index contributed by atoms with van der Waals surface area (Å²) in [6, 6.07) is 7.49. The van der Waals surface area contributed by atoms with Gasteiger partial charge in [0.05, 0.1) is 14.2 Å². The van der Waals surface area contributed by atoms with Crippen LogP contribution in [0.5, 0.6) is 5.75 Å². The zero-order valence-electron chi connectivity index (χ0n) is 16.3. The van der Waals surface area contributed by atoms with Gasteiger partial charge in [0.1, 0.15) is 5.75 Å². The summed E-state index contributed by atoms with van der Waals surface area (Å²) in [4.78, 5) is 25.4. The second-order valence-electron chi connectivity index (χ2n) is 7.53. The van der Waals surface area contributed by atoms with Gasteiger partial charge in [-0.25, -0.2) is 0 Å². The van der Waals surface area contributed by atoms with E-state index in [4.69, 9.17) is 4.74 Å². The van der Waals surface area contributed by atoms with Crippen molar-refractivity contribution in [3.8, 4) is 5.75 Å². The lowest BCUT2D eigenvalue weighted by Crippen LogP contribution is -3.11. The van der Waals surface area contributed by atoms with E-state index in [1.165, 1.54) is 12.8 Å². The maximum absolute atomic E-state index is 12.3. The zero-order chi connectivity index (χ0) is 19.1. The lowest BCUT2D eigenvalue weighted by atomic mass is 9.78. The van der Waals surface area contributed by atoms with Gasteiger partial charge < -0.3 is 20.3 Å². The number of carbonyl (C=O) groups is 2. The molecule has 2 amide bonds. The lowest BCUT2D eigenvalue weighted by molar-refractivity contribution is -0.862. The highest BCUT2D eigenvalue weighted by atomic mass is 16.5. The van der Waals surface area contributed by atoms with Gasteiger partial charge in [-0.3, -0.25) is 9.59 Å². The Morgan fingerprint density at radius 1 is 1.19 bits per heavy atom. The molecular weight excluding hydrogens is 330 g/mol. The van der Waals surface area contributed by atoms with E-state index >= 15 is 0 Å². The Morgan fingerprint density at radius 3 is 2.65 bits per heavy atom. The largest absolute Gasteiger partial charge is 0.497 e. The minimum atomic E-state index is -0.122. The van der Waals surface area contributed by atoms with Crippen molar-refractivity contribution >= 4 is 17.5 Å². The smallest absolute Gasteiger partial charge is 0.279 e. The van der Waals surface area contributed by atoms with Crippen LogP contribution in [-0.2, 0) is 9.59 Å². The van der Waals surface area contributed by atoms with Crippen LogP contribution in [-0.4, -0.2) is 45.1 Å². The summed E-state index contributed by atoms with van der Waals surface area (Å²) in [5.41, 5.74) is 0.691. The van der Waals surface area contributed by atoms with Crippen LogP contribution >= 0.6 is 0 Å². The number of methoxy groups -OCH3 is 1. The number of nitrogens with one attached hydrogen (secondary N) is 3. The summed E-state index contributed by atoms with van der Waals surface area (Å²) < 4.78 is 5.15. The minimum Gasteiger partial charge on any atom is -0.497 e. The second-order valence-corrected chi connectivity index (χ2v) is 7.53. The standard InChI is InChI=1S/C20H31N3O3/c1-14-7-5-10-18(15(14)2)22-20(25)13-23(3)12-19(24)21-16-8-6-9-17(11-16)26-4/h6,8-9,11,14-15,18H,5,7,10,12-13H2,1-4H3,(H,21,24)(H,22,25)/p+1/t14-,15+,18-/m0/s1. The number of ether oxygens (including phenoxy) is 1. The topological polar surface area (TPSA) is 71.9 Å². The van der Waals surface area contributed by atoms with Crippen molar-refractivity contribution in [2.45, 2.75) is 39.2 Å². The van der Waals surface area contributed by atoms with Crippen molar-refractivity contribution in [2.24, 2.45) is 11.8 Å². The number of benzene rings is 1. The Hall–Kier alpha value is -2.08.